The van der Waals surface area contributed by atoms with Gasteiger partial charge >= 0.3 is 0 Å². The van der Waals surface area contributed by atoms with Gasteiger partial charge < -0.3 is 10.2 Å². The van der Waals surface area contributed by atoms with Crippen LogP contribution in [0.5, 0.6) is 0 Å². The van der Waals surface area contributed by atoms with E-state index in [0.717, 1.165) is 59.0 Å². The number of hydrogen-bond donors (Lipinski definition) is 1. The molecule has 134 valence electrons. The molecule has 0 saturated heterocycles. The minimum atomic E-state index is 0.381. The smallest absolute Gasteiger partial charge is 0.153 e. The Balaban J connectivity index is 2.04. The second-order valence-corrected chi connectivity index (χ2v) is 7.85. The van der Waals surface area contributed by atoms with E-state index in [9.17, 15) is 0 Å². The van der Waals surface area contributed by atoms with E-state index in [1.54, 1.807) is 6.07 Å². The normalized spacial score (nSPS) is 13.5. The average molecular weight is 444 g/mol. The van der Waals surface area contributed by atoms with Gasteiger partial charge in [-0.3, -0.25) is 0 Å². The lowest BCUT2D eigenvalue weighted by molar-refractivity contribution is 0.667. The highest BCUT2D eigenvalue weighted by Gasteiger charge is 2.28. The third kappa shape index (κ3) is 3.74. The number of hydrogen-bond acceptors (Lipinski definition) is 4. The maximum absolute atomic E-state index is 6.48. The number of aryl methyl sites for hydroxylation is 1. The molecule has 0 unspecified atom stereocenters. The summed E-state index contributed by atoms with van der Waals surface area (Å²) in [7, 11) is 0. The lowest BCUT2D eigenvalue weighted by Crippen LogP contribution is -2.21. The fourth-order valence-electron chi connectivity index (χ4n) is 3.17. The van der Waals surface area contributed by atoms with Gasteiger partial charge in [-0.25, -0.2) is 9.97 Å². The van der Waals surface area contributed by atoms with Gasteiger partial charge in [-0.05, 0) is 59.8 Å². The van der Waals surface area contributed by atoms with Crippen LogP contribution in [0, 0.1) is 6.92 Å². The molecule has 4 nitrogen and oxygen atoms in total. The third-order valence-electron chi connectivity index (χ3n) is 4.51. The minimum absolute atomic E-state index is 0.381. The molecule has 0 saturated carbocycles. The maximum Gasteiger partial charge on any atom is 0.153 e. The lowest BCUT2D eigenvalue weighted by atomic mass is 10.1. The number of fused-ring (bicyclic) bond motifs is 1. The zero-order chi connectivity index (χ0) is 18.1. The van der Waals surface area contributed by atoms with E-state index >= 15 is 0 Å². The summed E-state index contributed by atoms with van der Waals surface area (Å²) in [4.78, 5) is 11.4. The molecule has 2 heterocycles. The Labute approximate surface area is 167 Å². The first-order valence-corrected chi connectivity index (χ1v) is 10.1. The van der Waals surface area contributed by atoms with Gasteiger partial charge in [0.25, 0.3) is 0 Å². The van der Waals surface area contributed by atoms with E-state index in [4.69, 9.17) is 23.2 Å². The lowest BCUT2D eigenvalue weighted by Gasteiger charge is -2.24. The largest absolute Gasteiger partial charge is 0.366 e. The molecule has 0 spiro atoms. The number of anilines is 3. The topological polar surface area (TPSA) is 41.1 Å². The first-order chi connectivity index (χ1) is 11.9. The van der Waals surface area contributed by atoms with Gasteiger partial charge in [0.15, 0.2) is 5.82 Å². The molecule has 7 heteroatoms. The number of halogens is 3. The zero-order valence-electron chi connectivity index (χ0n) is 14.5. The summed E-state index contributed by atoms with van der Waals surface area (Å²) in [5.74, 6) is 2.39. The van der Waals surface area contributed by atoms with Crippen molar-refractivity contribution in [2.75, 3.05) is 16.8 Å². The van der Waals surface area contributed by atoms with Gasteiger partial charge in [-0.2, -0.15) is 0 Å². The molecule has 25 heavy (non-hydrogen) atoms. The van der Waals surface area contributed by atoms with Crippen LogP contribution in [-0.4, -0.2) is 22.6 Å². The number of rotatable bonds is 5. The van der Waals surface area contributed by atoms with E-state index < -0.39 is 0 Å². The summed E-state index contributed by atoms with van der Waals surface area (Å²) >= 11 is 16.3. The monoisotopic (exact) mass is 442 g/mol. The molecule has 1 aliphatic rings. The Hall–Kier alpha value is -1.04. The second kappa shape index (κ2) is 7.68. The zero-order valence-corrected chi connectivity index (χ0v) is 17.6. The molecule has 1 N–H and O–H groups in total. The standard InChI is InChI=1S/C18H21BrCl2N4/c1-4-13(5-2)24-17-15(19)18(23-10(3)22-17)25-7-6-11-8-12(20)9-14(21)16(11)25/h8-9,13H,4-7H2,1-3H3,(H,22,23,24). The predicted molar refractivity (Wildman–Crippen MR) is 110 cm³/mol. The van der Waals surface area contributed by atoms with E-state index in [0.29, 0.717) is 16.1 Å². The summed E-state index contributed by atoms with van der Waals surface area (Å²) in [5.41, 5.74) is 2.13. The molecule has 1 aromatic carbocycles. The predicted octanol–water partition coefficient (Wildman–Crippen LogP) is 6.15. The van der Waals surface area contributed by atoms with Gasteiger partial charge in [-0.1, -0.05) is 37.0 Å². The number of nitrogens with zero attached hydrogens (tertiary/aromatic N) is 3. The van der Waals surface area contributed by atoms with Crippen molar-refractivity contribution in [1.82, 2.24) is 9.97 Å². The first-order valence-electron chi connectivity index (χ1n) is 8.50. The van der Waals surface area contributed by atoms with Gasteiger partial charge in [-0.15, -0.1) is 0 Å². The van der Waals surface area contributed by atoms with E-state index in [1.165, 1.54) is 0 Å². The molecule has 2 aromatic rings. The average Bonchev–Trinajstić information content (AvgIpc) is 2.99. The van der Waals surface area contributed by atoms with E-state index in [1.807, 2.05) is 13.0 Å². The van der Waals surface area contributed by atoms with Crippen LogP contribution in [-0.2, 0) is 6.42 Å². The summed E-state index contributed by atoms with van der Waals surface area (Å²) in [5, 5.41) is 4.84. The molecule has 1 aromatic heterocycles. The van der Waals surface area contributed by atoms with Crippen molar-refractivity contribution in [2.24, 2.45) is 0 Å². The quantitative estimate of drug-likeness (QED) is 0.601. The van der Waals surface area contributed by atoms with Gasteiger partial charge in [0.2, 0.25) is 0 Å². The highest BCUT2D eigenvalue weighted by Crippen LogP contribution is 2.44. The molecular weight excluding hydrogens is 423 g/mol. The second-order valence-electron chi connectivity index (χ2n) is 6.21. The highest BCUT2D eigenvalue weighted by atomic mass is 79.9. The third-order valence-corrected chi connectivity index (χ3v) is 5.75. The SMILES string of the molecule is CCC(CC)Nc1nc(C)nc(N2CCc3cc(Cl)cc(Cl)c32)c1Br. The van der Waals surface area contributed by atoms with Crippen LogP contribution in [0.15, 0.2) is 16.6 Å². The van der Waals surface area contributed by atoms with Gasteiger partial charge in [0.05, 0.1) is 10.7 Å². The van der Waals surface area contributed by atoms with Crippen LogP contribution in [0.2, 0.25) is 10.0 Å². The highest BCUT2D eigenvalue weighted by molar-refractivity contribution is 9.10. The Morgan fingerprint density at radius 1 is 1.24 bits per heavy atom. The summed E-state index contributed by atoms with van der Waals surface area (Å²) < 4.78 is 0.865. The molecule has 0 bridgehead atoms. The summed E-state index contributed by atoms with van der Waals surface area (Å²) in [6, 6.07) is 4.14. The number of aromatic nitrogens is 2. The minimum Gasteiger partial charge on any atom is -0.366 e. The fourth-order valence-corrected chi connectivity index (χ4v) is 4.32. The summed E-state index contributed by atoms with van der Waals surface area (Å²) in [6.45, 7) is 7.07. The maximum atomic E-state index is 6.48. The molecule has 0 aliphatic carbocycles. The Morgan fingerprint density at radius 2 is 1.96 bits per heavy atom. The van der Waals surface area contributed by atoms with Crippen LogP contribution in [0.4, 0.5) is 17.3 Å². The van der Waals surface area contributed by atoms with Crippen LogP contribution in [0.3, 0.4) is 0 Å². The first kappa shape index (κ1) is 18.7. The van der Waals surface area contributed by atoms with Gasteiger partial charge in [0, 0.05) is 17.6 Å². The van der Waals surface area contributed by atoms with E-state index in [2.05, 4.69) is 50.0 Å². The van der Waals surface area contributed by atoms with Crippen molar-refractivity contribution >= 4 is 56.5 Å². The van der Waals surface area contributed by atoms with Crippen molar-refractivity contribution in [3.05, 3.63) is 38.0 Å². The molecule has 0 fully saturated rings. The summed E-state index contributed by atoms with van der Waals surface area (Å²) in [6.07, 6.45) is 2.97. The molecule has 1 aliphatic heterocycles. The molecule has 0 amide bonds. The molecule has 0 atom stereocenters. The van der Waals surface area contributed by atoms with Crippen molar-refractivity contribution in [2.45, 2.75) is 46.1 Å². The van der Waals surface area contributed by atoms with Gasteiger partial charge in [0.1, 0.15) is 16.1 Å². The van der Waals surface area contributed by atoms with Crippen LogP contribution in [0.1, 0.15) is 38.1 Å². The Kier molecular flexibility index (Phi) is 5.76. The van der Waals surface area contributed by atoms with Crippen molar-refractivity contribution in [3.8, 4) is 0 Å². The van der Waals surface area contributed by atoms with Crippen molar-refractivity contribution in [1.29, 1.82) is 0 Å². The molecule has 0 radical (unpaired) electrons. The molecule has 3 rings (SSSR count). The fraction of sp³-hybridized carbons (Fsp3) is 0.444. The molecular formula is C18H21BrCl2N4. The number of nitrogens with one attached hydrogen (secondary N) is 1. The van der Waals surface area contributed by atoms with Crippen molar-refractivity contribution < 1.29 is 0 Å². The number of benzene rings is 1. The van der Waals surface area contributed by atoms with Crippen LogP contribution < -0.4 is 10.2 Å². The van der Waals surface area contributed by atoms with Crippen LogP contribution >= 0.6 is 39.1 Å². The van der Waals surface area contributed by atoms with E-state index in [-0.39, 0.29) is 0 Å². The Morgan fingerprint density at radius 3 is 2.64 bits per heavy atom. The Bertz CT molecular complexity index is 793. The van der Waals surface area contributed by atoms with Crippen LogP contribution in [0.25, 0.3) is 0 Å². The van der Waals surface area contributed by atoms with Crippen molar-refractivity contribution in [3.63, 3.8) is 0 Å².